The number of nitrogens with one attached hydrogen (secondary N) is 2. The number of thiophene rings is 1. The molecule has 0 fully saturated rings. The van der Waals surface area contributed by atoms with Crippen molar-refractivity contribution >= 4 is 70.6 Å². The van der Waals surface area contributed by atoms with Crippen LogP contribution >= 0.6 is 27.3 Å². The number of halogens is 1. The Morgan fingerprint density at radius 2 is 1.76 bits per heavy atom. The summed E-state index contributed by atoms with van der Waals surface area (Å²) in [5, 5.41) is 3.74. The number of carbonyl (C=O) groups excluding carboxylic acids is 2. The van der Waals surface area contributed by atoms with Gasteiger partial charge in [0.2, 0.25) is 10.0 Å². The highest BCUT2D eigenvalue weighted by atomic mass is 79.9. The van der Waals surface area contributed by atoms with Crippen molar-refractivity contribution in [1.29, 1.82) is 0 Å². The van der Waals surface area contributed by atoms with Gasteiger partial charge in [-0.1, -0.05) is 41.9 Å². The van der Waals surface area contributed by atoms with Crippen molar-refractivity contribution in [2.45, 2.75) is 19.3 Å². The first-order valence-electron chi connectivity index (χ1n) is 11.5. The van der Waals surface area contributed by atoms with Crippen molar-refractivity contribution in [3.63, 3.8) is 0 Å². The fourth-order valence-electron chi connectivity index (χ4n) is 3.94. The fraction of sp³-hybridized carbons (Fsp3) is 0.185. The largest absolute Gasteiger partial charge is 0.484 e. The van der Waals surface area contributed by atoms with Gasteiger partial charge < -0.3 is 15.8 Å². The second-order valence-corrected chi connectivity index (χ2v) is 13.1. The first-order valence-corrected chi connectivity index (χ1v) is 15.0. The molecule has 0 spiro atoms. The smallest absolute Gasteiger partial charge is 0.265 e. The Balaban J connectivity index is 1.58. The van der Waals surface area contributed by atoms with E-state index >= 15 is 0 Å². The molecule has 0 aliphatic rings. The Hall–Kier alpha value is -3.41. The predicted octanol–water partition coefficient (Wildman–Crippen LogP) is 5.48. The maximum atomic E-state index is 13.1. The minimum Gasteiger partial charge on any atom is -0.484 e. The summed E-state index contributed by atoms with van der Waals surface area (Å²) < 4.78 is 32.7. The molecular weight excluding hydrogens is 590 g/mol. The third-order valence-corrected chi connectivity index (χ3v) is 8.04. The van der Waals surface area contributed by atoms with Crippen molar-refractivity contribution < 1.29 is 22.7 Å². The number of ether oxygens (including phenoxy) is 1. The molecule has 0 unspecified atom stereocenters. The normalized spacial score (nSPS) is 11.8. The van der Waals surface area contributed by atoms with Crippen molar-refractivity contribution in [2.75, 3.05) is 22.9 Å². The number of sulfonamides is 1. The summed E-state index contributed by atoms with van der Waals surface area (Å²) in [6, 6.07) is 20.1. The Kier molecular flexibility index (Phi) is 7.82. The molecule has 38 heavy (non-hydrogen) atoms. The number of anilines is 2. The predicted molar refractivity (Wildman–Crippen MR) is 156 cm³/mol. The minimum atomic E-state index is -3.40. The Bertz CT molecular complexity index is 1650. The van der Waals surface area contributed by atoms with Crippen LogP contribution in [0.2, 0.25) is 0 Å². The molecule has 0 radical (unpaired) electrons. The van der Waals surface area contributed by atoms with E-state index in [9.17, 15) is 18.0 Å². The second-order valence-electron chi connectivity index (χ2n) is 9.33. The third-order valence-electron chi connectivity index (χ3n) is 5.86. The zero-order valence-electron chi connectivity index (χ0n) is 20.9. The molecule has 11 heteroatoms. The highest BCUT2D eigenvalue weighted by molar-refractivity contribution is 9.10. The van der Waals surface area contributed by atoms with Crippen molar-refractivity contribution in [3.8, 4) is 5.75 Å². The molecule has 0 aliphatic carbocycles. The Morgan fingerprint density at radius 3 is 2.47 bits per heavy atom. The molecule has 0 aliphatic heterocycles. The Morgan fingerprint density at radius 1 is 1.00 bits per heavy atom. The number of carbonyl (C=O) groups is 2. The lowest BCUT2D eigenvalue weighted by molar-refractivity contribution is -0.119. The topological polar surface area (TPSA) is 128 Å². The number of hydrogen-bond acceptors (Lipinski definition) is 6. The lowest BCUT2D eigenvalue weighted by Crippen LogP contribution is -2.21. The van der Waals surface area contributed by atoms with E-state index in [-0.39, 0.29) is 12.5 Å². The van der Waals surface area contributed by atoms with Crippen molar-refractivity contribution in [3.05, 3.63) is 87.2 Å². The number of nitrogens with two attached hydrogens (primary N) is 1. The molecular formula is C27H26BrN3O5S2. The summed E-state index contributed by atoms with van der Waals surface area (Å²) in [4.78, 5) is 24.7. The molecule has 1 heterocycles. The number of primary amides is 1. The zero-order valence-corrected chi connectivity index (χ0v) is 24.1. The van der Waals surface area contributed by atoms with E-state index < -0.39 is 21.3 Å². The van der Waals surface area contributed by atoms with E-state index in [0.29, 0.717) is 22.0 Å². The SMILES string of the molecule is CC(C)(c1cc(Br)cc(NC(=O)c2cc3cc(NS(C)(=O)=O)ccc3s2)c1)c1cccc(OCC(N)=O)c1. The van der Waals surface area contributed by atoms with E-state index in [1.54, 1.807) is 30.3 Å². The highest BCUT2D eigenvalue weighted by Gasteiger charge is 2.25. The van der Waals surface area contributed by atoms with E-state index in [1.807, 2.05) is 36.4 Å². The van der Waals surface area contributed by atoms with Gasteiger partial charge in [-0.2, -0.15) is 0 Å². The summed E-state index contributed by atoms with van der Waals surface area (Å²) in [7, 11) is -3.40. The summed E-state index contributed by atoms with van der Waals surface area (Å²) in [5.41, 5.74) is 7.69. The van der Waals surface area contributed by atoms with Crippen LogP contribution in [0.15, 0.2) is 71.2 Å². The molecule has 0 saturated heterocycles. The summed E-state index contributed by atoms with van der Waals surface area (Å²) in [5.74, 6) is -0.281. The molecule has 198 valence electrons. The van der Waals surface area contributed by atoms with E-state index in [2.05, 4.69) is 39.8 Å². The van der Waals surface area contributed by atoms with Gasteiger partial charge in [0.1, 0.15) is 5.75 Å². The summed E-state index contributed by atoms with van der Waals surface area (Å²) >= 11 is 4.88. The van der Waals surface area contributed by atoms with Gasteiger partial charge >= 0.3 is 0 Å². The Labute approximate surface area is 233 Å². The second kappa shape index (κ2) is 10.8. The van der Waals surface area contributed by atoms with E-state index in [0.717, 1.165) is 31.9 Å². The first-order chi connectivity index (χ1) is 17.8. The van der Waals surface area contributed by atoms with Gasteiger partial charge in [0.15, 0.2) is 6.61 Å². The number of hydrogen-bond donors (Lipinski definition) is 3. The van der Waals surface area contributed by atoms with Crippen LogP contribution in [-0.2, 0) is 20.2 Å². The summed E-state index contributed by atoms with van der Waals surface area (Å²) in [6.07, 6.45) is 1.09. The lowest BCUT2D eigenvalue weighted by atomic mass is 9.78. The summed E-state index contributed by atoms with van der Waals surface area (Å²) in [6.45, 7) is 3.91. The van der Waals surface area contributed by atoms with Gasteiger partial charge in [-0.15, -0.1) is 11.3 Å². The minimum absolute atomic E-state index is 0.204. The number of fused-ring (bicyclic) bond motifs is 1. The van der Waals surface area contributed by atoms with Crippen LogP contribution in [0.4, 0.5) is 11.4 Å². The standard InChI is InChI=1S/C27H26BrN3O5S2/c1-27(2,17-5-4-6-22(13-17)36-15-25(29)32)18-11-19(28)14-21(12-18)30-26(33)24-10-16-9-20(31-38(3,34)35)7-8-23(16)37-24/h4-14,31H,15H2,1-3H3,(H2,29,32)(H,30,33). The molecule has 8 nitrogen and oxygen atoms in total. The average molecular weight is 617 g/mol. The van der Waals surface area contributed by atoms with Gasteiger partial charge in [-0.25, -0.2) is 8.42 Å². The van der Waals surface area contributed by atoms with Gasteiger partial charge in [0, 0.05) is 26.0 Å². The molecule has 4 rings (SSSR count). The van der Waals surface area contributed by atoms with E-state index in [4.69, 9.17) is 10.5 Å². The van der Waals surface area contributed by atoms with Crippen LogP contribution in [0.25, 0.3) is 10.1 Å². The molecule has 0 saturated carbocycles. The molecule has 1 aromatic heterocycles. The highest BCUT2D eigenvalue weighted by Crippen LogP contribution is 2.36. The van der Waals surface area contributed by atoms with Gasteiger partial charge in [-0.3, -0.25) is 14.3 Å². The van der Waals surface area contributed by atoms with Crippen LogP contribution in [0.1, 0.15) is 34.6 Å². The van der Waals surface area contributed by atoms with Crippen molar-refractivity contribution in [2.24, 2.45) is 5.73 Å². The number of rotatable bonds is 9. The average Bonchev–Trinajstić information content (AvgIpc) is 3.25. The van der Waals surface area contributed by atoms with E-state index in [1.165, 1.54) is 11.3 Å². The quantitative estimate of drug-likeness (QED) is 0.230. The molecule has 0 bridgehead atoms. The molecule has 3 aromatic carbocycles. The lowest BCUT2D eigenvalue weighted by Gasteiger charge is -2.27. The third kappa shape index (κ3) is 6.72. The van der Waals surface area contributed by atoms with Crippen LogP contribution in [0.3, 0.4) is 0 Å². The van der Waals surface area contributed by atoms with Gasteiger partial charge in [0.25, 0.3) is 11.8 Å². The molecule has 4 N–H and O–H groups in total. The molecule has 4 aromatic rings. The number of benzene rings is 3. The van der Waals surface area contributed by atoms with Gasteiger partial charge in [0.05, 0.1) is 11.1 Å². The maximum absolute atomic E-state index is 13.1. The molecule has 2 amide bonds. The van der Waals surface area contributed by atoms with Crippen molar-refractivity contribution in [1.82, 2.24) is 0 Å². The number of amides is 2. The van der Waals surface area contributed by atoms with Crippen LogP contribution in [0, 0.1) is 0 Å². The zero-order chi connectivity index (χ0) is 27.7. The van der Waals surface area contributed by atoms with Crippen LogP contribution in [-0.4, -0.2) is 33.1 Å². The first kappa shape index (κ1) is 27.6. The van der Waals surface area contributed by atoms with Gasteiger partial charge in [-0.05, 0) is 71.1 Å². The maximum Gasteiger partial charge on any atom is 0.265 e. The van der Waals surface area contributed by atoms with Crippen LogP contribution in [0.5, 0.6) is 5.75 Å². The monoisotopic (exact) mass is 615 g/mol. The fourth-order valence-corrected chi connectivity index (χ4v) is 5.93. The van der Waals surface area contributed by atoms with Crippen LogP contribution < -0.4 is 20.5 Å². The molecule has 0 atom stereocenters.